The van der Waals surface area contributed by atoms with Crippen LogP contribution in [-0.4, -0.2) is 55.6 Å². The van der Waals surface area contributed by atoms with Crippen molar-refractivity contribution in [3.8, 4) is 0 Å². The number of aromatic nitrogens is 4. The molecule has 2 unspecified atom stereocenters. The van der Waals surface area contributed by atoms with E-state index in [9.17, 15) is 27.2 Å². The van der Waals surface area contributed by atoms with Gasteiger partial charge in [0.2, 0.25) is 5.91 Å². The number of carbonyl (C=O) groups is 1. The quantitative estimate of drug-likeness (QED) is 0.677. The topological polar surface area (TPSA) is 73.0 Å². The minimum atomic E-state index is -4.69. The van der Waals surface area contributed by atoms with Gasteiger partial charge < -0.3 is 4.90 Å². The van der Waals surface area contributed by atoms with Crippen LogP contribution in [0.1, 0.15) is 30.4 Å². The molecule has 0 bridgehead atoms. The number of rotatable bonds is 3. The molecule has 1 fully saturated rings. The van der Waals surface area contributed by atoms with Gasteiger partial charge in [-0.05, 0) is 25.0 Å². The van der Waals surface area contributed by atoms with Crippen LogP contribution >= 0.6 is 11.6 Å². The summed E-state index contributed by atoms with van der Waals surface area (Å²) in [6, 6.07) is 1.34. The zero-order chi connectivity index (χ0) is 21.6. The Morgan fingerprint density at radius 2 is 2.03 bits per heavy atom. The number of nitrogens with zero attached hydrogens (tertiary/aromatic N) is 5. The van der Waals surface area contributed by atoms with Crippen molar-refractivity contribution < 1.29 is 22.4 Å². The molecule has 2 aliphatic heterocycles. The lowest BCUT2D eigenvalue weighted by atomic mass is 9.89. The summed E-state index contributed by atoms with van der Waals surface area (Å²) in [6.45, 7) is -0.329. The number of halogens is 5. The molecule has 3 atom stereocenters. The Bertz CT molecular complexity index is 1000. The van der Waals surface area contributed by atoms with Crippen LogP contribution in [0.5, 0.6) is 0 Å². The van der Waals surface area contributed by atoms with E-state index >= 15 is 0 Å². The summed E-state index contributed by atoms with van der Waals surface area (Å²) in [5, 5.41) is 4.53. The molecule has 2 aromatic rings. The summed E-state index contributed by atoms with van der Waals surface area (Å²) >= 11 is 5.79. The monoisotopic (exact) mass is 447 g/mol. The predicted molar refractivity (Wildman–Crippen MR) is 97.8 cm³/mol. The van der Waals surface area contributed by atoms with Crippen molar-refractivity contribution in [2.45, 2.75) is 44.2 Å². The molecule has 162 valence electrons. The van der Waals surface area contributed by atoms with E-state index in [1.165, 1.54) is 6.20 Å². The third-order valence-electron chi connectivity index (χ3n) is 5.50. The lowest BCUT2D eigenvalue weighted by Crippen LogP contribution is -2.49. The highest BCUT2D eigenvalue weighted by molar-refractivity contribution is 6.30. The van der Waals surface area contributed by atoms with E-state index in [4.69, 9.17) is 11.6 Å². The number of aryl methyl sites for hydroxylation is 1. The number of hydrogen-bond donors (Lipinski definition) is 0. The molecule has 2 aromatic heterocycles. The lowest BCUT2D eigenvalue weighted by Gasteiger charge is -2.34. The molecule has 4 heterocycles. The van der Waals surface area contributed by atoms with Gasteiger partial charge in [0.15, 0.2) is 0 Å². The van der Waals surface area contributed by atoms with Gasteiger partial charge in [0.25, 0.3) is 0 Å². The van der Waals surface area contributed by atoms with Crippen LogP contribution in [-0.2, 0) is 17.8 Å². The third-order valence-corrected chi connectivity index (χ3v) is 5.72. The van der Waals surface area contributed by atoms with Crippen LogP contribution in [0.4, 0.5) is 17.6 Å². The van der Waals surface area contributed by atoms with E-state index in [2.05, 4.69) is 10.1 Å². The van der Waals surface area contributed by atoms with Crippen LogP contribution in [0.2, 0.25) is 5.02 Å². The van der Waals surface area contributed by atoms with Gasteiger partial charge in [-0.1, -0.05) is 11.6 Å². The smallest absolute Gasteiger partial charge is 0.338 e. The largest absolute Gasteiger partial charge is 0.394 e. The fourth-order valence-electron chi connectivity index (χ4n) is 4.02. The predicted octanol–water partition coefficient (Wildman–Crippen LogP) is 2.38. The average Bonchev–Trinajstić information content (AvgIpc) is 3.25. The van der Waals surface area contributed by atoms with Crippen molar-refractivity contribution in [3.63, 3.8) is 0 Å². The first kappa shape index (κ1) is 20.8. The normalized spacial score (nSPS) is 24.2. The van der Waals surface area contributed by atoms with E-state index in [-0.39, 0.29) is 44.7 Å². The number of carbonyl (C=O) groups excluding carboxylic acids is 1. The molecule has 1 saturated heterocycles. The molecule has 0 aromatic carbocycles. The van der Waals surface area contributed by atoms with Crippen molar-refractivity contribution in [1.29, 1.82) is 0 Å². The number of likely N-dealkylation sites (tertiary alicyclic amines) is 1. The summed E-state index contributed by atoms with van der Waals surface area (Å²) in [6.07, 6.45) is -5.00. The molecule has 30 heavy (non-hydrogen) atoms. The van der Waals surface area contributed by atoms with Gasteiger partial charge in [-0.25, -0.2) is 13.9 Å². The molecular formula is C18H18ClF4N5O2. The Kier molecular flexibility index (Phi) is 5.33. The minimum Gasteiger partial charge on any atom is -0.338 e. The summed E-state index contributed by atoms with van der Waals surface area (Å²) in [7, 11) is 0. The minimum absolute atomic E-state index is 0.0218. The first-order chi connectivity index (χ1) is 14.1. The van der Waals surface area contributed by atoms with Crippen molar-refractivity contribution >= 4 is 17.5 Å². The zero-order valence-corrected chi connectivity index (χ0v) is 16.4. The van der Waals surface area contributed by atoms with Crippen LogP contribution in [0.25, 0.3) is 0 Å². The average molecular weight is 448 g/mol. The summed E-state index contributed by atoms with van der Waals surface area (Å²) in [4.78, 5) is 31.0. The second-order valence-corrected chi connectivity index (χ2v) is 7.93. The number of pyridine rings is 1. The van der Waals surface area contributed by atoms with Gasteiger partial charge >= 0.3 is 11.9 Å². The Morgan fingerprint density at radius 3 is 2.63 bits per heavy atom. The SMILES string of the molecule is O=C(C1C(C(F)(F)F)CCc2nn(Cc3ccc(Cl)cn3)c(=O)n21)N1CC[C@H](F)C1. The Morgan fingerprint density at radius 1 is 1.27 bits per heavy atom. The van der Waals surface area contributed by atoms with Gasteiger partial charge in [0.1, 0.15) is 18.0 Å². The first-order valence-corrected chi connectivity index (χ1v) is 9.81. The zero-order valence-electron chi connectivity index (χ0n) is 15.6. The molecule has 2 aliphatic rings. The van der Waals surface area contributed by atoms with E-state index in [0.29, 0.717) is 10.7 Å². The second-order valence-electron chi connectivity index (χ2n) is 7.50. The van der Waals surface area contributed by atoms with Gasteiger partial charge in [-0.2, -0.15) is 18.3 Å². The number of amides is 1. The molecule has 0 radical (unpaired) electrons. The molecule has 0 N–H and O–H groups in total. The van der Waals surface area contributed by atoms with Crippen molar-refractivity contribution in [1.82, 2.24) is 24.2 Å². The van der Waals surface area contributed by atoms with E-state index in [1.807, 2.05) is 0 Å². The molecule has 0 saturated carbocycles. The highest BCUT2D eigenvalue weighted by atomic mass is 35.5. The van der Waals surface area contributed by atoms with Crippen molar-refractivity contribution in [3.05, 3.63) is 45.4 Å². The van der Waals surface area contributed by atoms with Crippen LogP contribution in [0.15, 0.2) is 23.1 Å². The molecule has 12 heteroatoms. The van der Waals surface area contributed by atoms with Crippen molar-refractivity contribution in [2.75, 3.05) is 13.1 Å². The number of hydrogen-bond acceptors (Lipinski definition) is 4. The Hall–Kier alpha value is -2.43. The van der Waals surface area contributed by atoms with Crippen LogP contribution < -0.4 is 5.69 Å². The lowest BCUT2D eigenvalue weighted by molar-refractivity contribution is -0.196. The molecular weight excluding hydrogens is 430 g/mol. The van der Waals surface area contributed by atoms with E-state index < -0.39 is 35.9 Å². The summed E-state index contributed by atoms with van der Waals surface area (Å²) in [5.74, 6) is -2.84. The molecule has 0 spiro atoms. The highest BCUT2D eigenvalue weighted by Crippen LogP contribution is 2.41. The number of fused-ring (bicyclic) bond motifs is 1. The standard InChI is InChI=1S/C18H18ClF4N5O2/c19-10-1-2-12(24-7-10)9-27-17(30)28-14(25-27)4-3-13(18(21,22)23)15(28)16(29)26-6-5-11(20)8-26/h1-2,7,11,13,15H,3-6,8-9H2/t11-,13?,15?/m0/s1. The van der Waals surface area contributed by atoms with Gasteiger partial charge in [-0.3, -0.25) is 14.3 Å². The van der Waals surface area contributed by atoms with E-state index in [0.717, 1.165) is 14.1 Å². The van der Waals surface area contributed by atoms with E-state index in [1.54, 1.807) is 12.1 Å². The molecule has 7 nitrogen and oxygen atoms in total. The fourth-order valence-corrected chi connectivity index (χ4v) is 4.14. The van der Waals surface area contributed by atoms with Gasteiger partial charge in [-0.15, -0.1) is 0 Å². The second kappa shape index (κ2) is 7.68. The Balaban J connectivity index is 1.72. The fraction of sp³-hybridized carbons (Fsp3) is 0.556. The van der Waals surface area contributed by atoms with Crippen LogP contribution in [0.3, 0.4) is 0 Å². The van der Waals surface area contributed by atoms with Gasteiger partial charge in [0, 0.05) is 19.2 Å². The Labute approximate surface area is 173 Å². The first-order valence-electron chi connectivity index (χ1n) is 9.43. The van der Waals surface area contributed by atoms with Crippen molar-refractivity contribution in [2.24, 2.45) is 5.92 Å². The van der Waals surface area contributed by atoms with Gasteiger partial charge in [0.05, 0.1) is 29.7 Å². The maximum Gasteiger partial charge on any atom is 0.394 e. The molecule has 4 rings (SSSR count). The summed E-state index contributed by atoms with van der Waals surface area (Å²) in [5.41, 5.74) is -0.392. The number of alkyl halides is 4. The molecule has 0 aliphatic carbocycles. The molecule has 1 amide bonds. The van der Waals surface area contributed by atoms with Crippen LogP contribution in [0, 0.1) is 5.92 Å². The summed E-state index contributed by atoms with van der Waals surface area (Å²) < 4.78 is 56.6. The maximum absolute atomic E-state index is 13.7. The third kappa shape index (κ3) is 3.82. The maximum atomic E-state index is 13.7. The highest BCUT2D eigenvalue weighted by Gasteiger charge is 2.53.